The molecule has 1 aliphatic heterocycles. The highest BCUT2D eigenvalue weighted by atomic mass is 32.2. The number of carbonyl (C=O) groups is 2. The van der Waals surface area contributed by atoms with Gasteiger partial charge in [0.1, 0.15) is 5.92 Å². The van der Waals surface area contributed by atoms with Crippen LogP contribution in [0.25, 0.3) is 0 Å². The van der Waals surface area contributed by atoms with Gasteiger partial charge in [-0.3, -0.25) is 9.59 Å². The number of carbonyl (C=O) groups excluding carboxylic acids is 2. The largest absolute Gasteiger partial charge is 0.353 e. The third kappa shape index (κ3) is 4.49. The van der Waals surface area contributed by atoms with Gasteiger partial charge in [0.15, 0.2) is 0 Å². The summed E-state index contributed by atoms with van der Waals surface area (Å²) in [6.07, 6.45) is 1.88. The molecule has 1 aliphatic rings. The number of amides is 2. The Kier molecular flexibility index (Phi) is 6.65. The van der Waals surface area contributed by atoms with Crippen LogP contribution < -0.4 is 10.6 Å². The third-order valence-corrected chi connectivity index (χ3v) is 4.81. The SMILES string of the molecule is CCC[C@H](C)NC(=O)CSC1=C(C#N)C(C)(C)[C@H](C#N)C(=O)N1. The van der Waals surface area contributed by atoms with Gasteiger partial charge in [-0.1, -0.05) is 39.0 Å². The lowest BCUT2D eigenvalue weighted by molar-refractivity contribution is -0.125. The van der Waals surface area contributed by atoms with E-state index >= 15 is 0 Å². The predicted octanol–water partition coefficient (Wildman–Crippen LogP) is 2.06. The van der Waals surface area contributed by atoms with E-state index < -0.39 is 17.2 Å². The molecule has 23 heavy (non-hydrogen) atoms. The summed E-state index contributed by atoms with van der Waals surface area (Å²) in [6.45, 7) is 7.38. The van der Waals surface area contributed by atoms with Crippen LogP contribution in [-0.4, -0.2) is 23.6 Å². The van der Waals surface area contributed by atoms with Crippen molar-refractivity contribution in [1.82, 2.24) is 10.6 Å². The number of hydrogen-bond donors (Lipinski definition) is 2. The topological polar surface area (TPSA) is 106 Å². The van der Waals surface area contributed by atoms with E-state index in [0.29, 0.717) is 10.6 Å². The zero-order chi connectivity index (χ0) is 17.6. The van der Waals surface area contributed by atoms with Gasteiger partial charge in [0, 0.05) is 11.5 Å². The van der Waals surface area contributed by atoms with E-state index in [0.717, 1.165) is 24.6 Å². The van der Waals surface area contributed by atoms with Crippen LogP contribution in [-0.2, 0) is 9.59 Å². The van der Waals surface area contributed by atoms with Gasteiger partial charge in [0.2, 0.25) is 11.8 Å². The summed E-state index contributed by atoms with van der Waals surface area (Å²) >= 11 is 1.12. The van der Waals surface area contributed by atoms with Crippen molar-refractivity contribution in [2.24, 2.45) is 11.3 Å². The molecule has 0 bridgehead atoms. The maximum absolute atomic E-state index is 12.0. The van der Waals surface area contributed by atoms with Crippen LogP contribution in [0.2, 0.25) is 0 Å². The number of rotatable bonds is 6. The summed E-state index contributed by atoms with van der Waals surface area (Å²) in [7, 11) is 0. The molecule has 7 heteroatoms. The Labute approximate surface area is 141 Å². The smallest absolute Gasteiger partial charge is 0.243 e. The minimum atomic E-state index is -0.917. The van der Waals surface area contributed by atoms with Crippen molar-refractivity contribution in [3.05, 3.63) is 10.6 Å². The second-order valence-electron chi connectivity index (χ2n) is 6.13. The Morgan fingerprint density at radius 3 is 2.65 bits per heavy atom. The molecule has 1 heterocycles. The minimum Gasteiger partial charge on any atom is -0.353 e. The zero-order valence-electron chi connectivity index (χ0n) is 13.9. The lowest BCUT2D eigenvalue weighted by Gasteiger charge is -2.34. The summed E-state index contributed by atoms with van der Waals surface area (Å²) < 4.78 is 0. The van der Waals surface area contributed by atoms with Crippen molar-refractivity contribution in [3.63, 3.8) is 0 Å². The molecule has 0 saturated carbocycles. The van der Waals surface area contributed by atoms with E-state index in [9.17, 15) is 14.9 Å². The van der Waals surface area contributed by atoms with Crippen LogP contribution in [0.3, 0.4) is 0 Å². The molecule has 0 unspecified atom stereocenters. The molecular formula is C16H22N4O2S. The highest BCUT2D eigenvalue weighted by Crippen LogP contribution is 2.41. The fraction of sp³-hybridized carbons (Fsp3) is 0.625. The minimum absolute atomic E-state index is 0.0953. The quantitative estimate of drug-likeness (QED) is 0.773. The van der Waals surface area contributed by atoms with Crippen molar-refractivity contribution in [2.45, 2.75) is 46.6 Å². The first kappa shape index (κ1) is 19.1. The van der Waals surface area contributed by atoms with E-state index in [4.69, 9.17) is 5.26 Å². The first-order valence-electron chi connectivity index (χ1n) is 7.55. The fourth-order valence-corrected chi connectivity index (χ4v) is 3.48. The maximum Gasteiger partial charge on any atom is 0.243 e. The summed E-state index contributed by atoms with van der Waals surface area (Å²) in [5.41, 5.74) is -0.539. The summed E-state index contributed by atoms with van der Waals surface area (Å²) in [6, 6.07) is 4.12. The molecule has 0 fully saturated rings. The van der Waals surface area contributed by atoms with E-state index in [-0.39, 0.29) is 17.7 Å². The molecule has 124 valence electrons. The van der Waals surface area contributed by atoms with Crippen molar-refractivity contribution in [1.29, 1.82) is 10.5 Å². The Morgan fingerprint density at radius 2 is 2.13 bits per heavy atom. The maximum atomic E-state index is 12.0. The average Bonchev–Trinajstić information content (AvgIpc) is 2.44. The Bertz CT molecular complexity index is 598. The van der Waals surface area contributed by atoms with Gasteiger partial charge < -0.3 is 10.6 Å². The molecule has 0 aromatic carbocycles. The molecule has 0 aromatic heterocycles. The van der Waals surface area contributed by atoms with Gasteiger partial charge >= 0.3 is 0 Å². The Balaban J connectivity index is 2.84. The first-order chi connectivity index (χ1) is 10.8. The second-order valence-corrected chi connectivity index (χ2v) is 7.12. The number of nitriles is 2. The van der Waals surface area contributed by atoms with Crippen LogP contribution in [0.4, 0.5) is 0 Å². The van der Waals surface area contributed by atoms with E-state index in [1.807, 2.05) is 19.9 Å². The van der Waals surface area contributed by atoms with Crippen molar-refractivity contribution >= 4 is 23.6 Å². The van der Waals surface area contributed by atoms with Crippen molar-refractivity contribution < 1.29 is 9.59 Å². The molecule has 2 N–H and O–H groups in total. The number of allylic oxidation sites excluding steroid dienone is 1. The average molecular weight is 334 g/mol. The molecule has 0 saturated heterocycles. The number of thioether (sulfide) groups is 1. The molecule has 0 aromatic rings. The highest BCUT2D eigenvalue weighted by molar-refractivity contribution is 8.03. The monoisotopic (exact) mass is 334 g/mol. The van der Waals surface area contributed by atoms with Gasteiger partial charge in [0.05, 0.1) is 28.5 Å². The third-order valence-electron chi connectivity index (χ3n) is 3.81. The van der Waals surface area contributed by atoms with Crippen LogP contribution in [0.5, 0.6) is 0 Å². The van der Waals surface area contributed by atoms with Crippen LogP contribution in [0, 0.1) is 34.0 Å². The van der Waals surface area contributed by atoms with Gasteiger partial charge in [-0.25, -0.2) is 0 Å². The molecule has 0 aliphatic carbocycles. The summed E-state index contributed by atoms with van der Waals surface area (Å²) in [5.74, 6) is -1.38. The molecule has 2 atom stereocenters. The number of hydrogen-bond acceptors (Lipinski definition) is 5. The van der Waals surface area contributed by atoms with Gasteiger partial charge in [-0.2, -0.15) is 10.5 Å². The van der Waals surface area contributed by atoms with Gasteiger partial charge in [-0.15, -0.1) is 0 Å². The molecule has 2 amide bonds. The molecule has 0 radical (unpaired) electrons. The second kappa shape index (κ2) is 8.03. The number of nitrogens with zero attached hydrogens (tertiary/aromatic N) is 2. The van der Waals surface area contributed by atoms with Gasteiger partial charge in [0.25, 0.3) is 0 Å². The highest BCUT2D eigenvalue weighted by Gasteiger charge is 2.44. The molecule has 6 nitrogen and oxygen atoms in total. The molecule has 0 spiro atoms. The summed E-state index contributed by atoms with van der Waals surface area (Å²) in [5, 5.41) is 24.4. The lowest BCUT2D eigenvalue weighted by Crippen LogP contribution is -2.44. The van der Waals surface area contributed by atoms with E-state index in [1.54, 1.807) is 13.8 Å². The lowest BCUT2D eigenvalue weighted by atomic mass is 9.72. The van der Waals surface area contributed by atoms with E-state index in [2.05, 4.69) is 16.7 Å². The fourth-order valence-electron chi connectivity index (χ4n) is 2.49. The number of nitrogens with one attached hydrogen (secondary N) is 2. The van der Waals surface area contributed by atoms with Crippen LogP contribution >= 0.6 is 11.8 Å². The predicted molar refractivity (Wildman–Crippen MR) is 88.6 cm³/mol. The normalized spacial score (nSPS) is 21.0. The molecular weight excluding hydrogens is 312 g/mol. The van der Waals surface area contributed by atoms with Crippen LogP contribution in [0.15, 0.2) is 10.6 Å². The first-order valence-corrected chi connectivity index (χ1v) is 8.53. The molecule has 1 rings (SSSR count). The van der Waals surface area contributed by atoms with Crippen LogP contribution in [0.1, 0.15) is 40.5 Å². The van der Waals surface area contributed by atoms with E-state index in [1.165, 1.54) is 0 Å². The van der Waals surface area contributed by atoms with Gasteiger partial charge in [-0.05, 0) is 13.3 Å². The summed E-state index contributed by atoms with van der Waals surface area (Å²) in [4.78, 5) is 24.0. The van der Waals surface area contributed by atoms with Crippen molar-refractivity contribution in [2.75, 3.05) is 5.75 Å². The standard InChI is InChI=1S/C16H22N4O2S/c1-5-6-10(2)19-13(21)9-23-15-12(8-18)16(3,4)11(7-17)14(22)20-15/h10-11H,5-6,9H2,1-4H3,(H,19,21)(H,20,22)/t10-,11+/m0/s1. The zero-order valence-corrected chi connectivity index (χ0v) is 14.7. The Morgan fingerprint density at radius 1 is 1.48 bits per heavy atom. The Hall–Kier alpha value is -1.99. The van der Waals surface area contributed by atoms with Crippen molar-refractivity contribution in [3.8, 4) is 12.1 Å².